The summed E-state index contributed by atoms with van der Waals surface area (Å²) in [6, 6.07) is 12.9. The van der Waals surface area contributed by atoms with E-state index in [1.807, 2.05) is 0 Å². The summed E-state index contributed by atoms with van der Waals surface area (Å²) in [6.07, 6.45) is 0.414. The van der Waals surface area contributed by atoms with E-state index in [0.29, 0.717) is 22.4 Å². The van der Waals surface area contributed by atoms with Crippen LogP contribution in [0.1, 0.15) is 12.3 Å². The van der Waals surface area contributed by atoms with Gasteiger partial charge in [0.05, 0.1) is 4.90 Å². The van der Waals surface area contributed by atoms with Crippen LogP contribution in [0.15, 0.2) is 57.9 Å². The summed E-state index contributed by atoms with van der Waals surface area (Å²) in [4.78, 5) is 16.5. The van der Waals surface area contributed by atoms with Crippen molar-refractivity contribution in [2.24, 2.45) is 0 Å². The summed E-state index contributed by atoms with van der Waals surface area (Å²) in [5.74, 6) is 0.513. The maximum Gasteiger partial charge on any atom is 0.240 e. The Morgan fingerprint density at radius 1 is 1.11 bits per heavy atom. The molecule has 28 heavy (non-hydrogen) atoms. The number of hydrogen-bond donors (Lipinski definition) is 2. The molecule has 0 saturated carbocycles. The van der Waals surface area contributed by atoms with Gasteiger partial charge in [0.15, 0.2) is 0 Å². The Morgan fingerprint density at radius 3 is 2.43 bits per heavy atom. The van der Waals surface area contributed by atoms with E-state index in [-0.39, 0.29) is 23.6 Å². The SMILES string of the molecule is CNS(=O)(=O)c1ccc(NC(=O)CCc2nc(-c3ccc(Cl)cc3)no2)cc1. The number of rotatable bonds is 7. The van der Waals surface area contributed by atoms with Crippen molar-refractivity contribution in [3.63, 3.8) is 0 Å². The number of benzene rings is 2. The highest BCUT2D eigenvalue weighted by atomic mass is 35.5. The number of nitrogens with one attached hydrogen (secondary N) is 2. The first-order chi connectivity index (χ1) is 13.4. The molecule has 1 aromatic heterocycles. The van der Waals surface area contributed by atoms with Crippen LogP contribution in [-0.2, 0) is 21.2 Å². The van der Waals surface area contributed by atoms with Gasteiger partial charge in [-0.2, -0.15) is 4.98 Å². The van der Waals surface area contributed by atoms with Crippen LogP contribution in [0.3, 0.4) is 0 Å². The lowest BCUT2D eigenvalue weighted by molar-refractivity contribution is -0.116. The fraction of sp³-hybridized carbons (Fsp3) is 0.167. The summed E-state index contributed by atoms with van der Waals surface area (Å²) < 4.78 is 30.8. The number of anilines is 1. The number of aryl methyl sites for hydroxylation is 1. The second kappa shape index (κ2) is 8.51. The number of halogens is 1. The molecule has 1 amide bonds. The van der Waals surface area contributed by atoms with Crippen molar-refractivity contribution in [1.29, 1.82) is 0 Å². The lowest BCUT2D eigenvalue weighted by atomic mass is 10.2. The first kappa shape index (κ1) is 20.0. The van der Waals surface area contributed by atoms with Crippen LogP contribution in [0.5, 0.6) is 0 Å². The highest BCUT2D eigenvalue weighted by Gasteiger charge is 2.13. The van der Waals surface area contributed by atoms with Crippen LogP contribution in [-0.4, -0.2) is 31.5 Å². The van der Waals surface area contributed by atoms with Gasteiger partial charge in [0, 0.05) is 29.1 Å². The molecule has 0 radical (unpaired) electrons. The van der Waals surface area contributed by atoms with Crippen molar-refractivity contribution in [3.8, 4) is 11.4 Å². The normalized spacial score (nSPS) is 11.4. The van der Waals surface area contributed by atoms with Crippen LogP contribution < -0.4 is 10.0 Å². The highest BCUT2D eigenvalue weighted by Crippen LogP contribution is 2.19. The van der Waals surface area contributed by atoms with Crippen LogP contribution in [0.4, 0.5) is 5.69 Å². The molecule has 0 atom stereocenters. The Morgan fingerprint density at radius 2 is 1.79 bits per heavy atom. The molecular weight excluding hydrogens is 404 g/mol. The van der Waals surface area contributed by atoms with E-state index < -0.39 is 10.0 Å². The Kier molecular flexibility index (Phi) is 6.08. The van der Waals surface area contributed by atoms with Gasteiger partial charge < -0.3 is 9.84 Å². The average molecular weight is 421 g/mol. The van der Waals surface area contributed by atoms with Crippen molar-refractivity contribution in [2.75, 3.05) is 12.4 Å². The van der Waals surface area contributed by atoms with Gasteiger partial charge in [0.1, 0.15) is 0 Å². The molecule has 0 saturated heterocycles. The largest absolute Gasteiger partial charge is 0.339 e. The molecule has 2 N–H and O–H groups in total. The molecule has 3 aromatic rings. The van der Waals surface area contributed by atoms with Crippen molar-refractivity contribution < 1.29 is 17.7 Å². The smallest absolute Gasteiger partial charge is 0.240 e. The Labute approximate surface area is 167 Å². The maximum absolute atomic E-state index is 12.1. The number of sulfonamides is 1. The summed E-state index contributed by atoms with van der Waals surface area (Å²) in [5.41, 5.74) is 1.26. The molecule has 0 aliphatic heterocycles. The predicted octanol–water partition coefficient (Wildman–Crippen LogP) is 2.87. The second-order valence-corrected chi connectivity index (χ2v) is 8.12. The van der Waals surface area contributed by atoms with Crippen LogP contribution >= 0.6 is 11.6 Å². The van der Waals surface area contributed by atoms with E-state index in [2.05, 4.69) is 20.2 Å². The summed E-state index contributed by atoms with van der Waals surface area (Å²) in [7, 11) is -2.18. The second-order valence-electron chi connectivity index (χ2n) is 5.80. The third kappa shape index (κ3) is 4.94. The molecule has 0 spiro atoms. The lowest BCUT2D eigenvalue weighted by Crippen LogP contribution is -2.18. The molecule has 146 valence electrons. The molecule has 0 aliphatic carbocycles. The standard InChI is InChI=1S/C18H17ClN4O4S/c1-20-28(25,26)15-8-6-14(7-9-15)21-16(24)10-11-17-22-18(23-27-17)12-2-4-13(19)5-3-12/h2-9,20H,10-11H2,1H3,(H,21,24). The van der Waals surface area contributed by atoms with Gasteiger partial charge in [-0.05, 0) is 55.6 Å². The molecule has 10 heteroatoms. The molecule has 1 heterocycles. The number of nitrogens with zero attached hydrogens (tertiary/aromatic N) is 2. The zero-order valence-corrected chi connectivity index (χ0v) is 16.4. The highest BCUT2D eigenvalue weighted by molar-refractivity contribution is 7.89. The zero-order valence-electron chi connectivity index (χ0n) is 14.8. The molecule has 0 aliphatic rings. The molecule has 2 aromatic carbocycles. The quantitative estimate of drug-likeness (QED) is 0.607. The molecule has 0 bridgehead atoms. The fourth-order valence-corrected chi connectivity index (χ4v) is 3.21. The van der Waals surface area contributed by atoms with Crippen LogP contribution in [0.2, 0.25) is 5.02 Å². The third-order valence-corrected chi connectivity index (χ3v) is 5.54. The van der Waals surface area contributed by atoms with E-state index in [1.165, 1.54) is 31.3 Å². The molecule has 3 rings (SSSR count). The van der Waals surface area contributed by atoms with Gasteiger partial charge in [-0.15, -0.1) is 0 Å². The minimum Gasteiger partial charge on any atom is -0.339 e. The van der Waals surface area contributed by atoms with E-state index in [4.69, 9.17) is 16.1 Å². The number of carbonyl (C=O) groups excluding carboxylic acids is 1. The average Bonchev–Trinajstić information content (AvgIpc) is 3.16. The van der Waals surface area contributed by atoms with Crippen LogP contribution in [0.25, 0.3) is 11.4 Å². The van der Waals surface area contributed by atoms with Gasteiger partial charge in [-0.3, -0.25) is 4.79 Å². The van der Waals surface area contributed by atoms with Gasteiger partial charge in [-0.1, -0.05) is 16.8 Å². The maximum atomic E-state index is 12.1. The van der Waals surface area contributed by atoms with Crippen molar-refractivity contribution in [1.82, 2.24) is 14.9 Å². The minimum atomic E-state index is -3.51. The number of hydrogen-bond acceptors (Lipinski definition) is 6. The summed E-state index contributed by atoms with van der Waals surface area (Å²) in [6.45, 7) is 0. The first-order valence-electron chi connectivity index (χ1n) is 8.29. The van der Waals surface area contributed by atoms with E-state index in [9.17, 15) is 13.2 Å². The van der Waals surface area contributed by atoms with Crippen molar-refractivity contribution in [2.45, 2.75) is 17.7 Å². The topological polar surface area (TPSA) is 114 Å². The number of aromatic nitrogens is 2. The first-order valence-corrected chi connectivity index (χ1v) is 10.2. The van der Waals surface area contributed by atoms with Crippen LogP contribution in [0, 0.1) is 0 Å². The van der Waals surface area contributed by atoms with E-state index >= 15 is 0 Å². The van der Waals surface area contributed by atoms with Gasteiger partial charge >= 0.3 is 0 Å². The molecule has 0 fully saturated rings. The van der Waals surface area contributed by atoms with Crippen molar-refractivity contribution in [3.05, 3.63) is 59.4 Å². The van der Waals surface area contributed by atoms with Gasteiger partial charge in [0.25, 0.3) is 0 Å². The van der Waals surface area contributed by atoms with E-state index in [0.717, 1.165) is 5.56 Å². The Balaban J connectivity index is 1.55. The fourth-order valence-electron chi connectivity index (χ4n) is 2.35. The summed E-state index contributed by atoms with van der Waals surface area (Å²) >= 11 is 5.85. The third-order valence-electron chi connectivity index (χ3n) is 3.85. The molecule has 8 nitrogen and oxygen atoms in total. The van der Waals surface area contributed by atoms with E-state index in [1.54, 1.807) is 24.3 Å². The number of amides is 1. The Hall–Kier alpha value is -2.75. The van der Waals surface area contributed by atoms with Gasteiger partial charge in [0.2, 0.25) is 27.6 Å². The lowest BCUT2D eigenvalue weighted by Gasteiger charge is -2.06. The number of carbonyl (C=O) groups is 1. The van der Waals surface area contributed by atoms with Crippen molar-refractivity contribution >= 4 is 33.2 Å². The minimum absolute atomic E-state index is 0.119. The molecular formula is C18H17ClN4O4S. The predicted molar refractivity (Wildman–Crippen MR) is 104 cm³/mol. The van der Waals surface area contributed by atoms with Gasteiger partial charge in [-0.25, -0.2) is 13.1 Å². The zero-order chi connectivity index (χ0) is 20.1. The summed E-state index contributed by atoms with van der Waals surface area (Å²) in [5, 5.41) is 7.20. The monoisotopic (exact) mass is 420 g/mol. The Bertz CT molecular complexity index is 1060. The molecule has 0 unspecified atom stereocenters.